The highest BCUT2D eigenvalue weighted by Crippen LogP contribution is 2.27. The average molecular weight is 390 g/mol. The van der Waals surface area contributed by atoms with Gasteiger partial charge in [-0.05, 0) is 35.9 Å². The van der Waals surface area contributed by atoms with E-state index in [1.807, 2.05) is 30.3 Å². The second kappa shape index (κ2) is 7.51. The Morgan fingerprint density at radius 1 is 1.10 bits per heavy atom. The van der Waals surface area contributed by atoms with Gasteiger partial charge >= 0.3 is 0 Å². The van der Waals surface area contributed by atoms with Gasteiger partial charge in [0.2, 0.25) is 0 Å². The van der Waals surface area contributed by atoms with Gasteiger partial charge in [0.1, 0.15) is 5.78 Å². The van der Waals surface area contributed by atoms with E-state index in [2.05, 4.69) is 15.9 Å². The highest BCUT2D eigenvalue weighted by Gasteiger charge is 2.10. The Morgan fingerprint density at radius 2 is 1.80 bits per heavy atom. The number of thioether (sulfide) groups is 1. The number of benzene rings is 2. The molecule has 0 amide bonds. The molecular weight excluding hydrogens is 379 g/mol. The third-order valence-corrected chi connectivity index (χ3v) is 5.09. The lowest BCUT2D eigenvalue weighted by Crippen LogP contribution is -2.06. The van der Waals surface area contributed by atoms with Crippen LogP contribution in [0.25, 0.3) is 0 Å². The van der Waals surface area contributed by atoms with Crippen LogP contribution in [0, 0.1) is 0 Å². The molecule has 0 N–H and O–H groups in total. The van der Waals surface area contributed by atoms with Gasteiger partial charge in [0.25, 0.3) is 0 Å². The van der Waals surface area contributed by atoms with E-state index in [0.717, 1.165) is 14.9 Å². The maximum Gasteiger partial charge on any atom is 0.147 e. The van der Waals surface area contributed by atoms with Gasteiger partial charge in [-0.3, -0.25) is 4.79 Å². The lowest BCUT2D eigenvalue weighted by atomic mass is 10.1. The summed E-state index contributed by atoms with van der Waals surface area (Å²) in [4.78, 5) is 13.1. The molecule has 2 rings (SSSR count). The fourth-order valence-electron chi connectivity index (χ4n) is 1.64. The van der Waals surface area contributed by atoms with Crippen LogP contribution >= 0.6 is 50.9 Å². The van der Waals surface area contributed by atoms with Crippen molar-refractivity contribution in [3.05, 3.63) is 62.5 Å². The van der Waals surface area contributed by atoms with Gasteiger partial charge in [-0.1, -0.05) is 51.3 Å². The van der Waals surface area contributed by atoms with E-state index < -0.39 is 0 Å². The monoisotopic (exact) mass is 388 g/mol. The summed E-state index contributed by atoms with van der Waals surface area (Å²) in [5.41, 5.74) is 0.778. The van der Waals surface area contributed by atoms with Crippen molar-refractivity contribution in [1.29, 1.82) is 0 Å². The third-order valence-electron chi connectivity index (χ3n) is 2.63. The van der Waals surface area contributed by atoms with Crippen molar-refractivity contribution < 1.29 is 4.79 Å². The molecule has 2 aromatic rings. The third kappa shape index (κ3) is 4.52. The summed E-state index contributed by atoms with van der Waals surface area (Å²) in [6.07, 6.45) is 0.308. The Bertz CT molecular complexity index is 614. The second-order valence-electron chi connectivity index (χ2n) is 4.17. The van der Waals surface area contributed by atoms with Gasteiger partial charge in [-0.15, -0.1) is 11.8 Å². The summed E-state index contributed by atoms with van der Waals surface area (Å²) >= 11 is 16.9. The molecule has 0 heterocycles. The fourth-order valence-corrected chi connectivity index (χ4v) is 3.05. The summed E-state index contributed by atoms with van der Waals surface area (Å²) in [6, 6.07) is 13.2. The fraction of sp³-hybridized carbons (Fsp3) is 0.133. The normalized spacial score (nSPS) is 10.6. The van der Waals surface area contributed by atoms with Crippen LogP contribution in [-0.2, 0) is 11.2 Å². The summed E-state index contributed by atoms with van der Waals surface area (Å²) < 4.78 is 1.03. The zero-order chi connectivity index (χ0) is 14.5. The van der Waals surface area contributed by atoms with Crippen LogP contribution in [0.1, 0.15) is 5.56 Å². The van der Waals surface area contributed by atoms with E-state index >= 15 is 0 Å². The van der Waals surface area contributed by atoms with E-state index in [-0.39, 0.29) is 5.78 Å². The van der Waals surface area contributed by atoms with Crippen molar-refractivity contribution in [2.45, 2.75) is 11.3 Å². The molecule has 0 radical (unpaired) electrons. The van der Waals surface area contributed by atoms with E-state index in [4.69, 9.17) is 23.2 Å². The van der Waals surface area contributed by atoms with Crippen molar-refractivity contribution in [2.75, 3.05) is 5.75 Å². The molecule has 0 bridgehead atoms. The van der Waals surface area contributed by atoms with E-state index in [1.165, 1.54) is 11.8 Å². The minimum absolute atomic E-state index is 0.127. The first-order valence-corrected chi connectivity index (χ1v) is 8.42. The molecule has 0 aliphatic rings. The standard InChI is InChI=1S/C15H11BrCl2OS/c16-11-4-6-13(7-5-11)20-9-12(19)8-10-2-1-3-14(17)15(10)18/h1-7H,8-9H2. The van der Waals surface area contributed by atoms with Gasteiger partial charge in [-0.2, -0.15) is 0 Å². The van der Waals surface area contributed by atoms with Crippen LogP contribution in [0.15, 0.2) is 51.8 Å². The van der Waals surface area contributed by atoms with E-state index in [1.54, 1.807) is 12.1 Å². The maximum atomic E-state index is 12.0. The molecule has 0 saturated heterocycles. The Labute approximate surface area is 140 Å². The zero-order valence-electron chi connectivity index (χ0n) is 10.4. The number of carbonyl (C=O) groups excluding carboxylic acids is 1. The molecule has 0 aliphatic carbocycles. The van der Waals surface area contributed by atoms with Crippen LogP contribution in [0.5, 0.6) is 0 Å². The number of rotatable bonds is 5. The molecule has 0 aromatic heterocycles. The zero-order valence-corrected chi connectivity index (χ0v) is 14.3. The molecule has 0 fully saturated rings. The number of Topliss-reactive ketones (excluding diaryl/α,β-unsaturated/α-hetero) is 1. The second-order valence-corrected chi connectivity index (χ2v) is 6.92. The minimum atomic E-state index is 0.127. The minimum Gasteiger partial charge on any atom is -0.298 e. The van der Waals surface area contributed by atoms with Crippen LogP contribution in [0.2, 0.25) is 10.0 Å². The molecule has 1 nitrogen and oxygen atoms in total. The molecule has 0 unspecified atom stereocenters. The smallest absolute Gasteiger partial charge is 0.147 e. The quantitative estimate of drug-likeness (QED) is 0.613. The number of hydrogen-bond donors (Lipinski definition) is 0. The predicted octanol–water partition coefficient (Wildman–Crippen LogP) is 5.66. The predicted molar refractivity (Wildman–Crippen MR) is 90.0 cm³/mol. The van der Waals surface area contributed by atoms with Crippen molar-refractivity contribution in [1.82, 2.24) is 0 Å². The van der Waals surface area contributed by atoms with E-state index in [9.17, 15) is 4.79 Å². The molecule has 2 aromatic carbocycles. The molecule has 20 heavy (non-hydrogen) atoms. The molecule has 0 saturated carbocycles. The van der Waals surface area contributed by atoms with Gasteiger partial charge in [0, 0.05) is 15.8 Å². The number of hydrogen-bond acceptors (Lipinski definition) is 2. The van der Waals surface area contributed by atoms with Crippen molar-refractivity contribution in [3.8, 4) is 0 Å². The maximum absolute atomic E-state index is 12.0. The Kier molecular flexibility index (Phi) is 5.97. The highest BCUT2D eigenvalue weighted by molar-refractivity contribution is 9.10. The van der Waals surface area contributed by atoms with Crippen LogP contribution in [-0.4, -0.2) is 11.5 Å². The van der Waals surface area contributed by atoms with Crippen LogP contribution < -0.4 is 0 Å². The Morgan fingerprint density at radius 3 is 2.50 bits per heavy atom. The largest absolute Gasteiger partial charge is 0.298 e. The number of ketones is 1. The molecule has 0 aliphatic heterocycles. The lowest BCUT2D eigenvalue weighted by Gasteiger charge is -2.05. The Balaban J connectivity index is 1.92. The van der Waals surface area contributed by atoms with Crippen molar-refractivity contribution in [2.24, 2.45) is 0 Å². The summed E-state index contributed by atoms with van der Waals surface area (Å²) in [5.74, 6) is 0.548. The van der Waals surface area contributed by atoms with Gasteiger partial charge in [0.15, 0.2) is 0 Å². The van der Waals surface area contributed by atoms with Crippen LogP contribution in [0.4, 0.5) is 0 Å². The molecule has 5 heteroatoms. The summed E-state index contributed by atoms with van der Waals surface area (Å²) in [6.45, 7) is 0. The summed E-state index contributed by atoms with van der Waals surface area (Å²) in [7, 11) is 0. The summed E-state index contributed by atoms with van der Waals surface area (Å²) in [5, 5.41) is 0.952. The molecule has 0 spiro atoms. The van der Waals surface area contributed by atoms with E-state index in [0.29, 0.717) is 22.2 Å². The van der Waals surface area contributed by atoms with Crippen molar-refractivity contribution >= 4 is 56.7 Å². The highest BCUT2D eigenvalue weighted by atomic mass is 79.9. The van der Waals surface area contributed by atoms with Gasteiger partial charge in [0.05, 0.1) is 15.8 Å². The molecular formula is C15H11BrCl2OS. The van der Waals surface area contributed by atoms with Gasteiger partial charge < -0.3 is 0 Å². The lowest BCUT2D eigenvalue weighted by molar-refractivity contribution is -0.116. The van der Waals surface area contributed by atoms with Gasteiger partial charge in [-0.25, -0.2) is 0 Å². The van der Waals surface area contributed by atoms with Crippen molar-refractivity contribution in [3.63, 3.8) is 0 Å². The number of halogens is 3. The SMILES string of the molecule is O=C(CSc1ccc(Br)cc1)Cc1cccc(Cl)c1Cl. The molecule has 104 valence electrons. The van der Waals surface area contributed by atoms with Crippen LogP contribution in [0.3, 0.4) is 0 Å². The average Bonchev–Trinajstić information content (AvgIpc) is 2.43. The Hall–Kier alpha value is -0.480. The number of carbonyl (C=O) groups is 1. The first-order valence-electron chi connectivity index (χ1n) is 5.89. The first kappa shape index (κ1) is 15.9. The first-order chi connectivity index (χ1) is 9.56. The molecule has 0 atom stereocenters. The topological polar surface area (TPSA) is 17.1 Å².